The van der Waals surface area contributed by atoms with Crippen molar-refractivity contribution in [1.29, 1.82) is 0 Å². The number of aromatic nitrogens is 4. The van der Waals surface area contributed by atoms with Gasteiger partial charge >= 0.3 is 0 Å². The van der Waals surface area contributed by atoms with E-state index in [-0.39, 0.29) is 5.56 Å². The quantitative estimate of drug-likeness (QED) is 0.369. The lowest BCUT2D eigenvalue weighted by Gasteiger charge is -2.10. The van der Waals surface area contributed by atoms with E-state index in [0.717, 1.165) is 56.0 Å². The number of aryl methyl sites for hydroxylation is 3. The summed E-state index contributed by atoms with van der Waals surface area (Å²) in [6, 6.07) is 21.8. The fourth-order valence-electron chi connectivity index (χ4n) is 4.27. The van der Waals surface area contributed by atoms with Gasteiger partial charge in [0.05, 0.1) is 11.2 Å². The minimum absolute atomic E-state index is 0.0423. The van der Waals surface area contributed by atoms with Gasteiger partial charge in [-0.25, -0.2) is 4.98 Å². The van der Waals surface area contributed by atoms with E-state index in [2.05, 4.69) is 24.2 Å². The first-order valence-corrected chi connectivity index (χ1v) is 11.2. The zero-order valence-electron chi connectivity index (χ0n) is 19.7. The monoisotopic (exact) mass is 450 g/mol. The van der Waals surface area contributed by atoms with E-state index in [1.807, 2.05) is 73.4 Å². The van der Waals surface area contributed by atoms with Crippen LogP contribution in [0.3, 0.4) is 0 Å². The maximum atomic E-state index is 11.8. The SMILES string of the molecule is Cc1cc2ccccc2nc1-c1ccc(OCc2nn(C)c(C)c2-c2ccc(=O)n(C)c2)cc1. The average molecular weight is 451 g/mol. The Bertz CT molecular complexity index is 1560. The summed E-state index contributed by atoms with van der Waals surface area (Å²) < 4.78 is 9.52. The number of para-hydroxylation sites is 1. The fourth-order valence-corrected chi connectivity index (χ4v) is 4.27. The topological polar surface area (TPSA) is 61.9 Å². The molecule has 0 radical (unpaired) electrons. The standard InChI is InChI=1S/C28H26N4O2/c1-18-15-21-7-5-6-8-24(21)29-28(18)20-9-12-23(13-10-20)34-17-25-27(19(2)32(4)30-25)22-11-14-26(33)31(3)16-22/h5-16H,17H2,1-4H3. The van der Waals surface area contributed by atoms with Crippen molar-refractivity contribution < 1.29 is 4.74 Å². The molecule has 0 bridgehead atoms. The smallest absolute Gasteiger partial charge is 0.250 e. The highest BCUT2D eigenvalue weighted by atomic mass is 16.5. The normalized spacial score (nSPS) is 11.2. The van der Waals surface area contributed by atoms with Gasteiger partial charge in [-0.05, 0) is 61.9 Å². The Morgan fingerprint density at radius 2 is 1.65 bits per heavy atom. The van der Waals surface area contributed by atoms with Gasteiger partial charge in [-0.15, -0.1) is 0 Å². The Kier molecular flexibility index (Phi) is 5.49. The molecule has 2 aromatic carbocycles. The van der Waals surface area contributed by atoms with Crippen LogP contribution in [0.15, 0.2) is 77.7 Å². The summed E-state index contributed by atoms with van der Waals surface area (Å²) >= 11 is 0. The first-order valence-electron chi connectivity index (χ1n) is 11.2. The third kappa shape index (κ3) is 3.99. The number of fused-ring (bicyclic) bond motifs is 1. The number of benzene rings is 2. The number of rotatable bonds is 5. The lowest BCUT2D eigenvalue weighted by atomic mass is 10.0. The van der Waals surface area contributed by atoms with Gasteiger partial charge < -0.3 is 9.30 Å². The maximum Gasteiger partial charge on any atom is 0.250 e. The zero-order chi connectivity index (χ0) is 23.8. The van der Waals surface area contributed by atoms with Crippen molar-refractivity contribution in [2.75, 3.05) is 0 Å². The van der Waals surface area contributed by atoms with Crippen LogP contribution in [0.5, 0.6) is 5.75 Å². The number of hydrogen-bond donors (Lipinski definition) is 0. The van der Waals surface area contributed by atoms with Gasteiger partial charge in [0.2, 0.25) is 5.56 Å². The molecule has 0 aliphatic carbocycles. The third-order valence-electron chi connectivity index (χ3n) is 6.20. The largest absolute Gasteiger partial charge is 0.487 e. The zero-order valence-corrected chi connectivity index (χ0v) is 19.7. The van der Waals surface area contributed by atoms with Gasteiger partial charge in [0, 0.05) is 54.1 Å². The third-order valence-corrected chi connectivity index (χ3v) is 6.20. The molecule has 0 unspecified atom stereocenters. The van der Waals surface area contributed by atoms with Crippen LogP contribution in [0.2, 0.25) is 0 Å². The van der Waals surface area contributed by atoms with Crippen molar-refractivity contribution in [3.05, 3.63) is 100 Å². The van der Waals surface area contributed by atoms with Crippen LogP contribution >= 0.6 is 0 Å². The summed E-state index contributed by atoms with van der Waals surface area (Å²) in [5.74, 6) is 0.761. The number of nitrogens with zero attached hydrogens (tertiary/aromatic N) is 4. The van der Waals surface area contributed by atoms with Crippen molar-refractivity contribution >= 4 is 10.9 Å². The van der Waals surface area contributed by atoms with E-state index in [9.17, 15) is 4.79 Å². The van der Waals surface area contributed by atoms with Crippen LogP contribution in [0.1, 0.15) is 17.0 Å². The molecule has 0 saturated carbocycles. The molecule has 0 N–H and O–H groups in total. The second-order valence-corrected chi connectivity index (χ2v) is 8.56. The molecular formula is C28H26N4O2. The van der Waals surface area contributed by atoms with Gasteiger partial charge in [0.25, 0.3) is 0 Å². The van der Waals surface area contributed by atoms with Crippen LogP contribution in [0.25, 0.3) is 33.3 Å². The van der Waals surface area contributed by atoms with Gasteiger partial charge in [0.1, 0.15) is 18.1 Å². The number of ether oxygens (including phenoxy) is 1. The fraction of sp³-hybridized carbons (Fsp3) is 0.179. The lowest BCUT2D eigenvalue weighted by molar-refractivity contribution is 0.300. The van der Waals surface area contributed by atoms with Gasteiger partial charge in [-0.3, -0.25) is 9.48 Å². The summed E-state index contributed by atoms with van der Waals surface area (Å²) in [6.45, 7) is 4.43. The molecule has 0 amide bonds. The summed E-state index contributed by atoms with van der Waals surface area (Å²) in [7, 11) is 3.67. The molecule has 6 nitrogen and oxygen atoms in total. The first-order chi connectivity index (χ1) is 16.4. The molecule has 3 aromatic heterocycles. The second kappa shape index (κ2) is 8.63. The molecule has 3 heterocycles. The van der Waals surface area contributed by atoms with E-state index in [4.69, 9.17) is 9.72 Å². The van der Waals surface area contributed by atoms with Crippen LogP contribution < -0.4 is 10.3 Å². The summed E-state index contributed by atoms with van der Waals surface area (Å²) in [5, 5.41) is 5.80. The van der Waals surface area contributed by atoms with E-state index < -0.39 is 0 Å². The van der Waals surface area contributed by atoms with E-state index in [1.165, 1.54) is 0 Å². The Hall–Kier alpha value is -4.19. The molecule has 5 aromatic rings. The molecule has 0 aliphatic heterocycles. The van der Waals surface area contributed by atoms with Crippen molar-refractivity contribution in [2.45, 2.75) is 20.5 Å². The predicted octanol–water partition coefficient (Wildman–Crippen LogP) is 5.20. The average Bonchev–Trinajstić information content (AvgIpc) is 3.12. The van der Waals surface area contributed by atoms with Crippen molar-refractivity contribution in [1.82, 2.24) is 19.3 Å². The van der Waals surface area contributed by atoms with E-state index in [1.54, 1.807) is 17.7 Å². The van der Waals surface area contributed by atoms with Crippen LogP contribution in [0.4, 0.5) is 0 Å². The van der Waals surface area contributed by atoms with Crippen LogP contribution in [-0.2, 0) is 20.7 Å². The maximum absolute atomic E-state index is 11.8. The molecule has 6 heteroatoms. The van der Waals surface area contributed by atoms with Gasteiger partial charge in [-0.1, -0.05) is 18.2 Å². The molecule has 0 fully saturated rings. The summed E-state index contributed by atoms with van der Waals surface area (Å²) in [6.07, 6.45) is 1.84. The van der Waals surface area contributed by atoms with E-state index >= 15 is 0 Å². The van der Waals surface area contributed by atoms with Crippen LogP contribution in [-0.4, -0.2) is 19.3 Å². The lowest BCUT2D eigenvalue weighted by Crippen LogP contribution is -2.14. The Labute approximate surface area is 198 Å². The highest BCUT2D eigenvalue weighted by molar-refractivity contribution is 5.83. The number of hydrogen-bond acceptors (Lipinski definition) is 4. The molecule has 0 saturated heterocycles. The summed E-state index contributed by atoms with van der Waals surface area (Å²) in [5.41, 5.74) is 7.89. The van der Waals surface area contributed by atoms with Crippen molar-refractivity contribution in [3.8, 4) is 28.1 Å². The second-order valence-electron chi connectivity index (χ2n) is 8.56. The molecule has 170 valence electrons. The first kappa shape index (κ1) is 21.6. The van der Waals surface area contributed by atoms with Crippen LogP contribution in [0, 0.1) is 13.8 Å². The molecule has 0 aliphatic rings. The molecule has 0 atom stereocenters. The molecular weight excluding hydrogens is 424 g/mol. The Morgan fingerprint density at radius 1 is 0.912 bits per heavy atom. The van der Waals surface area contributed by atoms with Crippen molar-refractivity contribution in [2.24, 2.45) is 14.1 Å². The van der Waals surface area contributed by atoms with Gasteiger partial charge in [0.15, 0.2) is 0 Å². The highest BCUT2D eigenvalue weighted by Crippen LogP contribution is 2.29. The Morgan fingerprint density at radius 3 is 2.41 bits per heavy atom. The molecule has 34 heavy (non-hydrogen) atoms. The number of pyridine rings is 2. The molecule has 0 spiro atoms. The highest BCUT2D eigenvalue weighted by Gasteiger charge is 2.16. The minimum Gasteiger partial charge on any atom is -0.487 e. The summed E-state index contributed by atoms with van der Waals surface area (Å²) in [4.78, 5) is 16.7. The van der Waals surface area contributed by atoms with Crippen molar-refractivity contribution in [3.63, 3.8) is 0 Å². The molecule has 5 rings (SSSR count). The predicted molar refractivity (Wildman–Crippen MR) is 135 cm³/mol. The Balaban J connectivity index is 1.39. The minimum atomic E-state index is -0.0423. The van der Waals surface area contributed by atoms with E-state index in [0.29, 0.717) is 6.61 Å². The van der Waals surface area contributed by atoms with Gasteiger partial charge in [-0.2, -0.15) is 5.10 Å².